The largest absolute Gasteiger partial charge is 0.457 e. The molecule has 2 heterocycles. The Bertz CT molecular complexity index is 982. The molecule has 2 aromatic carbocycles. The number of carbonyl (C=O) groups is 2. The Kier molecular flexibility index (Phi) is 9.19. The van der Waals surface area contributed by atoms with E-state index in [1.807, 2.05) is 46.2 Å². The molecule has 8 nitrogen and oxygen atoms in total. The highest BCUT2D eigenvalue weighted by Crippen LogP contribution is 2.24. The van der Waals surface area contributed by atoms with E-state index in [1.165, 1.54) is 5.56 Å². The molecule has 0 saturated carbocycles. The van der Waals surface area contributed by atoms with Gasteiger partial charge in [-0.3, -0.25) is 9.69 Å². The Morgan fingerprint density at radius 1 is 0.972 bits per heavy atom. The van der Waals surface area contributed by atoms with Crippen molar-refractivity contribution in [2.75, 3.05) is 45.9 Å². The maximum absolute atomic E-state index is 12.6. The van der Waals surface area contributed by atoms with Crippen molar-refractivity contribution in [3.63, 3.8) is 0 Å². The lowest BCUT2D eigenvalue weighted by Crippen LogP contribution is -2.49. The molecule has 0 atom stereocenters. The summed E-state index contributed by atoms with van der Waals surface area (Å²) in [6, 6.07) is 15.4. The molecule has 3 amide bonds. The van der Waals surface area contributed by atoms with Crippen LogP contribution < -0.4 is 10.5 Å². The van der Waals surface area contributed by atoms with Crippen molar-refractivity contribution >= 4 is 11.9 Å². The van der Waals surface area contributed by atoms with Crippen molar-refractivity contribution in [2.45, 2.75) is 45.2 Å². The van der Waals surface area contributed by atoms with Crippen molar-refractivity contribution in [1.82, 2.24) is 14.7 Å². The van der Waals surface area contributed by atoms with Crippen LogP contribution in [-0.2, 0) is 11.3 Å². The molecule has 0 aliphatic carbocycles. The smallest absolute Gasteiger partial charge is 0.315 e. The third-order valence-corrected chi connectivity index (χ3v) is 7.00. The first kappa shape index (κ1) is 26.0. The van der Waals surface area contributed by atoms with Gasteiger partial charge in [0.05, 0.1) is 13.2 Å². The zero-order valence-corrected chi connectivity index (χ0v) is 21.2. The van der Waals surface area contributed by atoms with Gasteiger partial charge >= 0.3 is 6.03 Å². The molecule has 0 unspecified atom stereocenters. The summed E-state index contributed by atoms with van der Waals surface area (Å²) in [5, 5.41) is 0. The number of unbranched alkanes of at least 4 members (excludes halogenated alkanes) is 1. The van der Waals surface area contributed by atoms with Crippen LogP contribution in [0.15, 0.2) is 48.5 Å². The summed E-state index contributed by atoms with van der Waals surface area (Å²) in [5.41, 5.74) is 7.51. The van der Waals surface area contributed by atoms with E-state index in [0.717, 1.165) is 57.6 Å². The predicted molar refractivity (Wildman–Crippen MR) is 139 cm³/mol. The third kappa shape index (κ3) is 6.98. The van der Waals surface area contributed by atoms with Crippen LogP contribution in [0.2, 0.25) is 0 Å². The van der Waals surface area contributed by atoms with Gasteiger partial charge in [-0.2, -0.15) is 0 Å². The van der Waals surface area contributed by atoms with Crippen LogP contribution in [-0.4, -0.2) is 78.6 Å². The number of likely N-dealkylation sites (tertiary alicyclic amines) is 1. The number of rotatable bonds is 9. The van der Waals surface area contributed by atoms with E-state index >= 15 is 0 Å². The number of urea groups is 1. The number of nitrogens with two attached hydrogens (primary N) is 1. The number of hydrogen-bond donors (Lipinski definition) is 1. The Morgan fingerprint density at radius 2 is 1.58 bits per heavy atom. The minimum Gasteiger partial charge on any atom is -0.457 e. The molecule has 2 fully saturated rings. The number of ether oxygens (including phenoxy) is 2. The molecular formula is C28H38N4O4. The fourth-order valence-corrected chi connectivity index (χ4v) is 4.86. The fraction of sp³-hybridized carbons (Fsp3) is 0.500. The molecule has 8 heteroatoms. The normalized spacial score (nSPS) is 17.1. The van der Waals surface area contributed by atoms with Gasteiger partial charge in [0.15, 0.2) is 0 Å². The number of morpholine rings is 1. The Morgan fingerprint density at radius 3 is 2.17 bits per heavy atom. The Labute approximate surface area is 213 Å². The molecule has 2 saturated heterocycles. The molecule has 194 valence electrons. The van der Waals surface area contributed by atoms with Gasteiger partial charge < -0.3 is 25.0 Å². The zero-order valence-electron chi connectivity index (χ0n) is 21.2. The minimum atomic E-state index is -0.296. The molecule has 2 N–H and O–H groups in total. The highest BCUT2D eigenvalue weighted by atomic mass is 16.5. The lowest BCUT2D eigenvalue weighted by molar-refractivity contribution is 0.0303. The van der Waals surface area contributed by atoms with Gasteiger partial charge in [-0.1, -0.05) is 25.5 Å². The summed E-state index contributed by atoms with van der Waals surface area (Å²) < 4.78 is 11.3. The monoisotopic (exact) mass is 494 g/mol. The standard InChI is InChI=1S/C28H38N4O4/c1-2-3-14-32(28(29)34)24-12-15-30(16-13-24)21-22-4-8-25(9-5-22)36-26-10-6-23(7-11-26)27(33)31-17-19-35-20-18-31/h4-11,24H,2-3,12-21H2,1H3,(H2,29,34). The van der Waals surface area contributed by atoms with Crippen LogP contribution in [0.1, 0.15) is 48.5 Å². The summed E-state index contributed by atoms with van der Waals surface area (Å²) in [6.45, 7) is 8.11. The summed E-state index contributed by atoms with van der Waals surface area (Å²) >= 11 is 0. The SMILES string of the molecule is CCCCN(C(N)=O)C1CCN(Cc2ccc(Oc3ccc(C(=O)N4CCOCC4)cc3)cc2)CC1. The van der Waals surface area contributed by atoms with Gasteiger partial charge in [0.2, 0.25) is 0 Å². The fourth-order valence-electron chi connectivity index (χ4n) is 4.86. The summed E-state index contributed by atoms with van der Waals surface area (Å²) in [5.74, 6) is 1.49. The average Bonchev–Trinajstić information content (AvgIpc) is 2.91. The average molecular weight is 495 g/mol. The molecule has 36 heavy (non-hydrogen) atoms. The molecule has 2 aliphatic heterocycles. The van der Waals surface area contributed by atoms with E-state index in [0.29, 0.717) is 37.6 Å². The van der Waals surface area contributed by atoms with Crippen molar-refractivity contribution in [2.24, 2.45) is 5.73 Å². The number of hydrogen-bond acceptors (Lipinski definition) is 5. The van der Waals surface area contributed by atoms with Crippen LogP contribution in [0.4, 0.5) is 4.79 Å². The number of primary amides is 1. The molecule has 2 aromatic rings. The molecular weight excluding hydrogens is 456 g/mol. The van der Waals surface area contributed by atoms with Crippen molar-refractivity contribution in [3.05, 3.63) is 59.7 Å². The minimum absolute atomic E-state index is 0.0292. The van der Waals surface area contributed by atoms with Crippen molar-refractivity contribution in [3.8, 4) is 11.5 Å². The first-order valence-corrected chi connectivity index (χ1v) is 13.1. The topological polar surface area (TPSA) is 88.3 Å². The second-order valence-electron chi connectivity index (χ2n) is 9.57. The van der Waals surface area contributed by atoms with Gasteiger partial charge in [0, 0.05) is 50.9 Å². The molecule has 0 bridgehead atoms. The molecule has 0 aromatic heterocycles. The summed E-state index contributed by atoms with van der Waals surface area (Å²) in [6.07, 6.45) is 3.96. The Balaban J connectivity index is 1.25. The van der Waals surface area contributed by atoms with Gasteiger partial charge in [-0.05, 0) is 61.2 Å². The maximum atomic E-state index is 12.6. The van der Waals surface area contributed by atoms with Crippen LogP contribution >= 0.6 is 0 Å². The quantitative estimate of drug-likeness (QED) is 0.567. The van der Waals surface area contributed by atoms with E-state index in [4.69, 9.17) is 15.2 Å². The van der Waals surface area contributed by atoms with Crippen LogP contribution in [0, 0.1) is 0 Å². The first-order valence-electron chi connectivity index (χ1n) is 13.1. The van der Waals surface area contributed by atoms with Gasteiger partial charge in [-0.15, -0.1) is 0 Å². The van der Waals surface area contributed by atoms with E-state index in [9.17, 15) is 9.59 Å². The predicted octanol–water partition coefficient (Wildman–Crippen LogP) is 4.10. The van der Waals surface area contributed by atoms with Crippen molar-refractivity contribution < 1.29 is 19.1 Å². The highest BCUT2D eigenvalue weighted by molar-refractivity contribution is 5.94. The number of carbonyl (C=O) groups excluding carboxylic acids is 2. The molecule has 0 radical (unpaired) electrons. The van der Waals surface area contributed by atoms with Gasteiger partial charge in [-0.25, -0.2) is 4.79 Å². The lowest BCUT2D eigenvalue weighted by atomic mass is 10.0. The maximum Gasteiger partial charge on any atom is 0.315 e. The van der Waals surface area contributed by atoms with Crippen molar-refractivity contribution in [1.29, 1.82) is 0 Å². The van der Waals surface area contributed by atoms with E-state index in [-0.39, 0.29) is 18.0 Å². The van der Waals surface area contributed by atoms with E-state index in [2.05, 4.69) is 24.0 Å². The number of nitrogens with zero attached hydrogens (tertiary/aromatic N) is 3. The molecule has 2 aliphatic rings. The number of benzene rings is 2. The summed E-state index contributed by atoms with van der Waals surface area (Å²) in [7, 11) is 0. The lowest BCUT2D eigenvalue weighted by Gasteiger charge is -2.37. The van der Waals surface area contributed by atoms with E-state index < -0.39 is 0 Å². The zero-order chi connectivity index (χ0) is 25.3. The van der Waals surface area contributed by atoms with Gasteiger partial charge in [0.1, 0.15) is 11.5 Å². The van der Waals surface area contributed by atoms with Crippen LogP contribution in [0.3, 0.4) is 0 Å². The number of piperidine rings is 1. The second kappa shape index (κ2) is 12.7. The Hall–Kier alpha value is -3.10. The molecule has 4 rings (SSSR count). The van der Waals surface area contributed by atoms with Gasteiger partial charge in [0.25, 0.3) is 5.91 Å². The third-order valence-electron chi connectivity index (χ3n) is 7.00. The van der Waals surface area contributed by atoms with Crippen LogP contribution in [0.5, 0.6) is 11.5 Å². The van der Waals surface area contributed by atoms with Crippen LogP contribution in [0.25, 0.3) is 0 Å². The molecule has 0 spiro atoms. The van der Waals surface area contributed by atoms with E-state index in [1.54, 1.807) is 0 Å². The first-order chi connectivity index (χ1) is 17.5. The highest BCUT2D eigenvalue weighted by Gasteiger charge is 2.26. The summed E-state index contributed by atoms with van der Waals surface area (Å²) in [4.78, 5) is 30.6. The number of amides is 3. The second-order valence-corrected chi connectivity index (χ2v) is 9.57.